The summed E-state index contributed by atoms with van der Waals surface area (Å²) < 4.78 is 92.6. The molecule has 0 radical (unpaired) electrons. The van der Waals surface area contributed by atoms with E-state index in [1.165, 1.54) is 48.8 Å². The molecule has 2 heterocycles. The lowest BCUT2D eigenvalue weighted by Gasteiger charge is -2.28. The molecule has 1 amide bonds. The zero-order valence-corrected chi connectivity index (χ0v) is 29.8. The number of carbonyl (C=O) groups is 1. The lowest BCUT2D eigenvalue weighted by atomic mass is 9.91. The van der Waals surface area contributed by atoms with Crippen LogP contribution in [0.3, 0.4) is 0 Å². The van der Waals surface area contributed by atoms with Gasteiger partial charge in [0.2, 0.25) is 0 Å². The van der Waals surface area contributed by atoms with Crippen LogP contribution in [0, 0.1) is 18.6 Å². The predicted octanol–water partition coefficient (Wildman–Crippen LogP) is 8.40. The molecule has 1 N–H and O–H groups in total. The Bertz CT molecular complexity index is 2180. The van der Waals surface area contributed by atoms with Crippen molar-refractivity contribution in [2.24, 2.45) is 0 Å². The van der Waals surface area contributed by atoms with Crippen LogP contribution in [0.1, 0.15) is 45.5 Å². The molecule has 282 valence electrons. The topological polar surface area (TPSA) is 82.0 Å². The Morgan fingerprint density at radius 1 is 0.907 bits per heavy atom. The van der Waals surface area contributed by atoms with E-state index < -0.39 is 59.1 Å². The Balaban J connectivity index is 1.65. The molecule has 8 nitrogen and oxygen atoms in total. The average Bonchev–Trinajstić information content (AvgIpc) is 3.56. The number of benzene rings is 4. The molecule has 13 heteroatoms. The first-order valence-electron chi connectivity index (χ1n) is 17.2. The highest BCUT2D eigenvalue weighted by Gasteiger charge is 2.43. The van der Waals surface area contributed by atoms with Crippen LogP contribution in [0.4, 0.5) is 32.6 Å². The van der Waals surface area contributed by atoms with E-state index in [1.54, 1.807) is 42.5 Å². The van der Waals surface area contributed by atoms with Crippen LogP contribution in [0.5, 0.6) is 5.75 Å². The van der Waals surface area contributed by atoms with Crippen molar-refractivity contribution in [3.63, 3.8) is 0 Å². The van der Waals surface area contributed by atoms with Gasteiger partial charge in [-0.3, -0.25) is 14.3 Å². The third kappa shape index (κ3) is 7.60. The maximum atomic E-state index is 16.1. The normalized spacial score (nSPS) is 14.5. The molecular formula is C41H38F5N3O5. The summed E-state index contributed by atoms with van der Waals surface area (Å²) >= 11 is 0. The van der Waals surface area contributed by atoms with Gasteiger partial charge in [-0.15, -0.1) is 0 Å². The fraction of sp³-hybridized carbons (Fsp3) is 0.268. The number of rotatable bonds is 12. The number of hydrogen-bond acceptors (Lipinski definition) is 6. The van der Waals surface area contributed by atoms with E-state index in [0.717, 1.165) is 23.8 Å². The van der Waals surface area contributed by atoms with Crippen molar-refractivity contribution in [2.45, 2.75) is 38.2 Å². The number of aromatic nitrogens is 1. The molecule has 1 aliphatic rings. The number of amides is 1. The predicted molar refractivity (Wildman–Crippen MR) is 194 cm³/mol. The second-order valence-electron chi connectivity index (χ2n) is 12.8. The van der Waals surface area contributed by atoms with Gasteiger partial charge in [0.15, 0.2) is 11.6 Å². The maximum absolute atomic E-state index is 16.1. The van der Waals surface area contributed by atoms with Gasteiger partial charge in [-0.05, 0) is 41.8 Å². The van der Waals surface area contributed by atoms with Crippen molar-refractivity contribution in [3.05, 3.63) is 152 Å². The smallest absolute Gasteiger partial charge is 0.416 e. The van der Waals surface area contributed by atoms with E-state index in [-0.39, 0.29) is 53.6 Å². The molecule has 0 bridgehead atoms. The van der Waals surface area contributed by atoms with Crippen molar-refractivity contribution in [2.75, 3.05) is 38.8 Å². The maximum Gasteiger partial charge on any atom is 0.416 e. The standard InChI is InChI=1S/C41H38F5N3O5/c1-25-29(22-30-31(41(44,45)46)17-11-18-32(30)42)38-48(40(51)54-24-26-12-6-4-7-13-26)23-33(37(47-20-21-52-2)27-14-8-5-9-15-27)49(38)39(50)35(25)28-16-10-19-34(53-3)36(28)43/h4-19,33,37,47H,20-24H2,1-3H3/t33-,37?/m0/s1. The van der Waals surface area contributed by atoms with Crippen molar-refractivity contribution >= 4 is 11.9 Å². The molecule has 0 spiro atoms. The van der Waals surface area contributed by atoms with Gasteiger partial charge in [0.25, 0.3) is 5.56 Å². The second kappa shape index (κ2) is 16.2. The van der Waals surface area contributed by atoms with E-state index in [4.69, 9.17) is 14.2 Å². The molecule has 1 unspecified atom stereocenters. The number of pyridine rings is 1. The molecule has 5 aromatic rings. The minimum atomic E-state index is -4.94. The molecule has 0 fully saturated rings. The van der Waals surface area contributed by atoms with Crippen molar-refractivity contribution < 1.29 is 41.0 Å². The Morgan fingerprint density at radius 3 is 2.26 bits per heavy atom. The first kappa shape index (κ1) is 38.2. The second-order valence-corrected chi connectivity index (χ2v) is 12.8. The third-order valence-electron chi connectivity index (χ3n) is 9.59. The number of hydrogen-bond donors (Lipinski definition) is 1. The first-order chi connectivity index (χ1) is 26.0. The van der Waals surface area contributed by atoms with Crippen LogP contribution in [-0.2, 0) is 28.7 Å². The van der Waals surface area contributed by atoms with E-state index in [1.807, 2.05) is 18.2 Å². The van der Waals surface area contributed by atoms with Crippen LogP contribution in [-0.4, -0.2) is 44.6 Å². The molecule has 1 aliphatic heterocycles. The quantitative estimate of drug-likeness (QED) is 0.102. The van der Waals surface area contributed by atoms with Gasteiger partial charge >= 0.3 is 12.3 Å². The number of carbonyl (C=O) groups excluding carboxylic acids is 1. The summed E-state index contributed by atoms with van der Waals surface area (Å²) in [7, 11) is 2.79. The van der Waals surface area contributed by atoms with Gasteiger partial charge in [-0.25, -0.2) is 13.6 Å². The van der Waals surface area contributed by atoms with Gasteiger partial charge in [-0.1, -0.05) is 78.9 Å². The molecule has 0 saturated carbocycles. The van der Waals surface area contributed by atoms with Crippen molar-refractivity contribution in [1.29, 1.82) is 0 Å². The number of anilines is 1. The lowest BCUT2D eigenvalue weighted by molar-refractivity contribution is -0.138. The summed E-state index contributed by atoms with van der Waals surface area (Å²) in [6, 6.07) is 23.2. The minimum Gasteiger partial charge on any atom is -0.494 e. The molecule has 6 rings (SSSR count). The van der Waals surface area contributed by atoms with E-state index in [9.17, 15) is 18.0 Å². The summed E-state index contributed by atoms with van der Waals surface area (Å²) in [6.07, 6.45) is -6.53. The largest absolute Gasteiger partial charge is 0.494 e. The van der Waals surface area contributed by atoms with E-state index >= 15 is 13.6 Å². The number of halogens is 5. The third-order valence-corrected chi connectivity index (χ3v) is 9.59. The fourth-order valence-corrected chi connectivity index (χ4v) is 7.03. The van der Waals surface area contributed by atoms with E-state index in [2.05, 4.69) is 5.32 Å². The highest BCUT2D eigenvalue weighted by Crippen LogP contribution is 2.44. The Labute approximate surface area is 308 Å². The molecule has 54 heavy (non-hydrogen) atoms. The molecule has 1 aromatic heterocycles. The van der Waals surface area contributed by atoms with Crippen LogP contribution in [0.2, 0.25) is 0 Å². The molecule has 0 saturated heterocycles. The van der Waals surface area contributed by atoms with Crippen molar-refractivity contribution in [1.82, 2.24) is 9.88 Å². The summed E-state index contributed by atoms with van der Waals surface area (Å²) in [5, 5.41) is 3.41. The number of nitrogens with zero attached hydrogens (tertiary/aromatic N) is 2. The van der Waals surface area contributed by atoms with Gasteiger partial charge in [0, 0.05) is 36.8 Å². The highest BCUT2D eigenvalue weighted by atomic mass is 19.4. The highest BCUT2D eigenvalue weighted by molar-refractivity contribution is 5.90. The molecule has 4 aromatic carbocycles. The molecular weight excluding hydrogens is 709 g/mol. The SMILES string of the molecule is COCCNC(c1ccccc1)[C@@H]1CN(C(=O)OCc2ccccc2)c2c(Cc3c(F)cccc3C(F)(F)F)c(C)c(-c3cccc(OC)c3F)c(=O)n21. The van der Waals surface area contributed by atoms with E-state index in [0.29, 0.717) is 12.1 Å². The molecule has 0 aliphatic carbocycles. The fourth-order valence-electron chi connectivity index (χ4n) is 7.03. The van der Waals surface area contributed by atoms with Crippen molar-refractivity contribution in [3.8, 4) is 16.9 Å². The van der Waals surface area contributed by atoms with Gasteiger partial charge in [-0.2, -0.15) is 13.2 Å². The summed E-state index contributed by atoms with van der Waals surface area (Å²) in [6.45, 7) is 1.73. The Kier molecular flexibility index (Phi) is 11.5. The number of methoxy groups -OCH3 is 2. The Morgan fingerprint density at radius 2 is 1.59 bits per heavy atom. The van der Waals surface area contributed by atoms with Gasteiger partial charge in [0.05, 0.1) is 43.5 Å². The first-order valence-corrected chi connectivity index (χ1v) is 17.2. The lowest BCUT2D eigenvalue weighted by Crippen LogP contribution is -2.37. The zero-order chi connectivity index (χ0) is 38.6. The number of alkyl halides is 3. The summed E-state index contributed by atoms with van der Waals surface area (Å²) in [4.78, 5) is 30.4. The monoisotopic (exact) mass is 747 g/mol. The average molecular weight is 748 g/mol. The summed E-state index contributed by atoms with van der Waals surface area (Å²) in [5.41, 5.74) is -1.55. The summed E-state index contributed by atoms with van der Waals surface area (Å²) in [5.74, 6) is -2.27. The number of nitrogens with one attached hydrogen (secondary N) is 1. The zero-order valence-electron chi connectivity index (χ0n) is 29.8. The van der Waals surface area contributed by atoms with Gasteiger partial charge in [0.1, 0.15) is 18.2 Å². The van der Waals surface area contributed by atoms with Gasteiger partial charge < -0.3 is 19.5 Å². The van der Waals surface area contributed by atoms with Crippen LogP contribution in [0.25, 0.3) is 11.1 Å². The Hall–Kier alpha value is -5.53. The number of fused-ring (bicyclic) bond motifs is 1. The molecule has 2 atom stereocenters. The number of ether oxygens (including phenoxy) is 3. The minimum absolute atomic E-state index is 0.00489. The van der Waals surface area contributed by atoms with Crippen LogP contribution < -0.4 is 20.5 Å². The van der Waals surface area contributed by atoms with Crippen LogP contribution in [0.15, 0.2) is 102 Å². The van der Waals surface area contributed by atoms with Crippen LogP contribution >= 0.6 is 0 Å².